The zero-order chi connectivity index (χ0) is 20.1. The maximum Gasteiger partial charge on any atom is 0.307 e. The fourth-order valence-electron chi connectivity index (χ4n) is 2.41. The Labute approximate surface area is 174 Å². The normalized spacial score (nSPS) is 10.8. The van der Waals surface area contributed by atoms with Crippen LogP contribution in [0, 0.1) is 12.3 Å². The number of hydrogen-bond acceptors (Lipinski definition) is 5. The highest BCUT2D eigenvalue weighted by molar-refractivity contribution is 9.10. The molecule has 1 heterocycles. The molecule has 0 atom stereocenters. The van der Waals surface area contributed by atoms with Gasteiger partial charge in [0.05, 0.1) is 18.3 Å². The number of amides is 1. The molecule has 0 fully saturated rings. The van der Waals surface area contributed by atoms with Crippen molar-refractivity contribution in [3.8, 4) is 23.8 Å². The lowest BCUT2D eigenvalue weighted by atomic mass is 10.2. The molecule has 8 heteroatoms. The van der Waals surface area contributed by atoms with Gasteiger partial charge in [0.15, 0.2) is 17.3 Å². The van der Waals surface area contributed by atoms with Crippen LogP contribution in [0.4, 0.5) is 0 Å². The smallest absolute Gasteiger partial charge is 0.307 e. The number of carbonyl (C=O) groups excluding carboxylic acids is 1. The number of furan rings is 1. The first-order chi connectivity index (χ1) is 13.5. The molecule has 6 nitrogen and oxygen atoms in total. The maximum atomic E-state index is 12.2. The Morgan fingerprint density at radius 2 is 2.21 bits per heavy atom. The number of hydrazone groups is 1. The summed E-state index contributed by atoms with van der Waals surface area (Å²) in [5.74, 6) is 2.78. The quantitative estimate of drug-likeness (QED) is 0.330. The lowest BCUT2D eigenvalue weighted by Gasteiger charge is -2.11. The van der Waals surface area contributed by atoms with E-state index in [0.29, 0.717) is 27.7 Å². The molecule has 142 valence electrons. The Morgan fingerprint density at radius 3 is 2.96 bits per heavy atom. The molecule has 0 unspecified atom stereocenters. The van der Waals surface area contributed by atoms with E-state index in [1.54, 1.807) is 24.3 Å². The lowest BCUT2D eigenvalue weighted by molar-refractivity contribution is 0.0929. The molecule has 0 saturated heterocycles. The second kappa shape index (κ2) is 8.83. The first kappa shape index (κ1) is 19.8. The Bertz CT molecular complexity index is 1100. The zero-order valence-corrected chi connectivity index (χ0v) is 17.0. The predicted molar refractivity (Wildman–Crippen MR) is 111 cm³/mol. The number of nitrogens with zero attached hydrogens (tertiary/aromatic N) is 1. The Hall–Kier alpha value is -2.95. The van der Waals surface area contributed by atoms with Gasteiger partial charge in [-0.2, -0.15) is 5.10 Å². The van der Waals surface area contributed by atoms with Crippen molar-refractivity contribution in [2.75, 3.05) is 13.7 Å². The summed E-state index contributed by atoms with van der Waals surface area (Å²) < 4.78 is 17.0. The van der Waals surface area contributed by atoms with Crippen LogP contribution in [0.3, 0.4) is 0 Å². The van der Waals surface area contributed by atoms with Gasteiger partial charge in [-0.15, -0.1) is 6.42 Å². The van der Waals surface area contributed by atoms with E-state index in [2.05, 4.69) is 32.4 Å². The van der Waals surface area contributed by atoms with Crippen molar-refractivity contribution in [1.29, 1.82) is 0 Å². The molecule has 1 N–H and O–H groups in total. The van der Waals surface area contributed by atoms with Crippen molar-refractivity contribution in [1.82, 2.24) is 5.43 Å². The fraction of sp³-hybridized carbons (Fsp3) is 0.100. The molecule has 0 aliphatic carbocycles. The molecule has 0 saturated carbocycles. The van der Waals surface area contributed by atoms with Gasteiger partial charge in [-0.05, 0) is 42.0 Å². The largest absolute Gasteiger partial charge is 0.493 e. The minimum absolute atomic E-state index is 0.0631. The molecule has 3 aromatic rings. The van der Waals surface area contributed by atoms with Crippen molar-refractivity contribution in [2.45, 2.75) is 0 Å². The molecule has 1 amide bonds. The second-order valence-corrected chi connectivity index (χ2v) is 6.84. The monoisotopic (exact) mass is 460 g/mol. The number of halogens is 2. The van der Waals surface area contributed by atoms with Gasteiger partial charge >= 0.3 is 5.91 Å². The average Bonchev–Trinajstić information content (AvgIpc) is 3.10. The van der Waals surface area contributed by atoms with Gasteiger partial charge in [0.1, 0.15) is 12.2 Å². The predicted octanol–water partition coefficient (Wildman–Crippen LogP) is 4.63. The van der Waals surface area contributed by atoms with Crippen LogP contribution in [-0.4, -0.2) is 25.8 Å². The van der Waals surface area contributed by atoms with E-state index in [4.69, 9.17) is 31.9 Å². The molecule has 2 aromatic carbocycles. The molecule has 3 rings (SSSR count). The van der Waals surface area contributed by atoms with Gasteiger partial charge in [-0.25, -0.2) is 5.43 Å². The summed E-state index contributed by atoms with van der Waals surface area (Å²) in [7, 11) is 1.48. The van der Waals surface area contributed by atoms with Crippen molar-refractivity contribution in [2.24, 2.45) is 5.10 Å². The highest BCUT2D eigenvalue weighted by atomic mass is 79.9. The minimum Gasteiger partial charge on any atom is -0.493 e. The van der Waals surface area contributed by atoms with Gasteiger partial charge in [0, 0.05) is 9.86 Å². The van der Waals surface area contributed by atoms with Gasteiger partial charge in [-0.3, -0.25) is 4.79 Å². The van der Waals surface area contributed by atoms with Crippen LogP contribution in [0.2, 0.25) is 5.02 Å². The van der Waals surface area contributed by atoms with E-state index in [0.717, 1.165) is 9.86 Å². The van der Waals surface area contributed by atoms with Crippen LogP contribution in [0.5, 0.6) is 11.5 Å². The average molecular weight is 462 g/mol. The van der Waals surface area contributed by atoms with Gasteiger partial charge in [0.2, 0.25) is 0 Å². The molecular formula is C20H14BrClN2O4. The highest BCUT2D eigenvalue weighted by Gasteiger charge is 2.13. The van der Waals surface area contributed by atoms with Crippen LogP contribution in [0.25, 0.3) is 11.0 Å². The van der Waals surface area contributed by atoms with E-state index < -0.39 is 5.91 Å². The summed E-state index contributed by atoms with van der Waals surface area (Å²) >= 11 is 9.58. The minimum atomic E-state index is -0.476. The van der Waals surface area contributed by atoms with E-state index in [1.807, 2.05) is 12.1 Å². The van der Waals surface area contributed by atoms with Crippen molar-refractivity contribution in [3.63, 3.8) is 0 Å². The van der Waals surface area contributed by atoms with Gasteiger partial charge in [-0.1, -0.05) is 33.5 Å². The number of carbonyl (C=O) groups is 1. The fourth-order valence-corrected chi connectivity index (χ4v) is 3.07. The molecule has 0 bridgehead atoms. The van der Waals surface area contributed by atoms with Crippen LogP contribution in [0.1, 0.15) is 16.1 Å². The van der Waals surface area contributed by atoms with Gasteiger partial charge < -0.3 is 13.9 Å². The van der Waals surface area contributed by atoms with E-state index in [9.17, 15) is 4.79 Å². The maximum absolute atomic E-state index is 12.2. The number of rotatable bonds is 6. The first-order valence-corrected chi connectivity index (χ1v) is 9.15. The van der Waals surface area contributed by atoms with Crippen LogP contribution >= 0.6 is 27.5 Å². The van der Waals surface area contributed by atoms with Crippen LogP contribution in [0.15, 0.2) is 50.4 Å². The van der Waals surface area contributed by atoms with Crippen molar-refractivity contribution >= 4 is 50.6 Å². The third-order valence-electron chi connectivity index (χ3n) is 3.63. The summed E-state index contributed by atoms with van der Waals surface area (Å²) in [5, 5.41) is 5.05. The van der Waals surface area contributed by atoms with Crippen LogP contribution in [-0.2, 0) is 0 Å². The third-order valence-corrected chi connectivity index (χ3v) is 4.41. The van der Waals surface area contributed by atoms with Crippen molar-refractivity contribution in [3.05, 3.63) is 57.2 Å². The standard InChI is InChI=1S/C20H14BrClN2O4/c1-3-6-27-19-15(22)7-12(8-17(19)26-2)11-23-24-20(25)18-10-13-9-14(21)4-5-16(13)28-18/h1,4-5,7-11H,6H2,2H3,(H,24,25)/b23-11+. The summed E-state index contributed by atoms with van der Waals surface area (Å²) in [5.41, 5.74) is 3.62. The summed E-state index contributed by atoms with van der Waals surface area (Å²) in [6, 6.07) is 10.4. The molecule has 0 aliphatic heterocycles. The van der Waals surface area contributed by atoms with E-state index >= 15 is 0 Å². The highest BCUT2D eigenvalue weighted by Crippen LogP contribution is 2.36. The number of hydrogen-bond donors (Lipinski definition) is 1. The number of nitrogens with one attached hydrogen (secondary N) is 1. The Balaban J connectivity index is 1.73. The molecule has 28 heavy (non-hydrogen) atoms. The SMILES string of the molecule is C#CCOc1c(Cl)cc(/C=N/NC(=O)c2cc3cc(Br)ccc3o2)cc1OC. The number of fused-ring (bicyclic) bond motifs is 1. The molecule has 0 radical (unpaired) electrons. The number of benzene rings is 2. The van der Waals surface area contributed by atoms with E-state index in [1.165, 1.54) is 13.3 Å². The molecular weight excluding hydrogens is 448 g/mol. The summed E-state index contributed by atoms with van der Waals surface area (Å²) in [6.07, 6.45) is 6.62. The Kier molecular flexibility index (Phi) is 6.24. The summed E-state index contributed by atoms with van der Waals surface area (Å²) in [4.78, 5) is 12.2. The lowest BCUT2D eigenvalue weighted by Crippen LogP contribution is -2.16. The van der Waals surface area contributed by atoms with Crippen LogP contribution < -0.4 is 14.9 Å². The number of terminal acetylenes is 1. The molecule has 0 aliphatic rings. The molecule has 1 aromatic heterocycles. The molecule has 0 spiro atoms. The topological polar surface area (TPSA) is 73.1 Å². The third kappa shape index (κ3) is 4.47. The van der Waals surface area contributed by atoms with Gasteiger partial charge in [0.25, 0.3) is 0 Å². The number of methoxy groups -OCH3 is 1. The second-order valence-electron chi connectivity index (χ2n) is 5.52. The van der Waals surface area contributed by atoms with Crippen molar-refractivity contribution < 1.29 is 18.7 Å². The first-order valence-electron chi connectivity index (χ1n) is 7.98. The summed E-state index contributed by atoms with van der Waals surface area (Å²) in [6.45, 7) is 0.0631. The van der Waals surface area contributed by atoms with E-state index in [-0.39, 0.29) is 12.4 Å². The zero-order valence-electron chi connectivity index (χ0n) is 14.7. The number of ether oxygens (including phenoxy) is 2. The Morgan fingerprint density at radius 1 is 1.39 bits per heavy atom.